The van der Waals surface area contributed by atoms with Crippen LogP contribution in [0.5, 0.6) is 0 Å². The van der Waals surface area contributed by atoms with Gasteiger partial charge in [-0.3, -0.25) is 4.79 Å². The highest BCUT2D eigenvalue weighted by molar-refractivity contribution is 5.67. The topological polar surface area (TPSA) is 37.3 Å². The summed E-state index contributed by atoms with van der Waals surface area (Å²) in [5.41, 5.74) is 3.58. The van der Waals surface area contributed by atoms with Gasteiger partial charge in [-0.25, -0.2) is 0 Å². The molecule has 2 heteroatoms. The lowest BCUT2D eigenvalue weighted by Crippen LogP contribution is -2.06. The Balaban J connectivity index is 2.05. The van der Waals surface area contributed by atoms with Gasteiger partial charge in [0.05, 0.1) is 0 Å². The van der Waals surface area contributed by atoms with Gasteiger partial charge >= 0.3 is 5.97 Å². The van der Waals surface area contributed by atoms with Gasteiger partial charge in [-0.05, 0) is 29.0 Å². The summed E-state index contributed by atoms with van der Waals surface area (Å²) in [6.07, 6.45) is 1.03. The van der Waals surface area contributed by atoms with E-state index in [2.05, 4.69) is 36.4 Å². The normalized spacial score (nSPS) is 12.1. The molecule has 0 aliphatic carbocycles. The summed E-state index contributed by atoms with van der Waals surface area (Å²) >= 11 is 0. The minimum Gasteiger partial charge on any atom is -0.481 e. The molecule has 2 aromatic carbocycles. The van der Waals surface area contributed by atoms with Crippen LogP contribution < -0.4 is 0 Å². The Bertz CT molecular complexity index is 529. The van der Waals surface area contributed by atoms with Crippen molar-refractivity contribution in [3.63, 3.8) is 0 Å². The highest BCUT2D eigenvalue weighted by Gasteiger charge is 2.08. The van der Waals surface area contributed by atoms with Crippen molar-refractivity contribution in [2.45, 2.75) is 19.8 Å². The molecule has 19 heavy (non-hydrogen) atoms. The smallest absolute Gasteiger partial charge is 0.303 e. The molecule has 2 rings (SSSR count). The summed E-state index contributed by atoms with van der Waals surface area (Å²) < 4.78 is 0. The van der Waals surface area contributed by atoms with Crippen LogP contribution in [0.15, 0.2) is 54.6 Å². The number of aliphatic carboxylic acids is 1. The zero-order chi connectivity index (χ0) is 13.7. The second-order valence-electron chi connectivity index (χ2n) is 4.97. The van der Waals surface area contributed by atoms with E-state index < -0.39 is 5.97 Å². The first-order valence-electron chi connectivity index (χ1n) is 6.51. The summed E-state index contributed by atoms with van der Waals surface area (Å²) in [5.74, 6) is -0.562. The highest BCUT2D eigenvalue weighted by atomic mass is 16.4. The van der Waals surface area contributed by atoms with Crippen LogP contribution in [0, 0.1) is 5.92 Å². The van der Waals surface area contributed by atoms with Gasteiger partial charge in [0.2, 0.25) is 0 Å². The first kappa shape index (κ1) is 13.3. The molecule has 0 bridgehead atoms. The molecule has 0 fully saturated rings. The average molecular weight is 254 g/mol. The van der Waals surface area contributed by atoms with Gasteiger partial charge < -0.3 is 5.11 Å². The van der Waals surface area contributed by atoms with Crippen molar-refractivity contribution >= 4 is 5.97 Å². The molecule has 2 nitrogen and oxygen atoms in total. The number of rotatable bonds is 5. The third-order valence-electron chi connectivity index (χ3n) is 3.17. The first-order chi connectivity index (χ1) is 9.15. The lowest BCUT2D eigenvalue weighted by atomic mass is 9.96. The summed E-state index contributed by atoms with van der Waals surface area (Å²) in [5, 5.41) is 8.75. The van der Waals surface area contributed by atoms with Gasteiger partial charge in [-0.2, -0.15) is 0 Å². The van der Waals surface area contributed by atoms with Crippen LogP contribution >= 0.6 is 0 Å². The molecule has 0 saturated heterocycles. The molecule has 2 aromatic rings. The van der Waals surface area contributed by atoms with Crippen LogP contribution in [-0.2, 0) is 11.2 Å². The predicted octanol–water partition coefficient (Wildman–Crippen LogP) is 4.01. The van der Waals surface area contributed by atoms with E-state index in [1.165, 1.54) is 16.7 Å². The van der Waals surface area contributed by atoms with Crippen LogP contribution in [0.4, 0.5) is 0 Å². The maximum absolute atomic E-state index is 10.6. The average Bonchev–Trinajstić information content (AvgIpc) is 2.39. The van der Waals surface area contributed by atoms with E-state index in [1.807, 2.05) is 25.1 Å². The molecule has 0 aliphatic heterocycles. The van der Waals surface area contributed by atoms with Crippen molar-refractivity contribution in [2.24, 2.45) is 5.92 Å². The third-order valence-corrected chi connectivity index (χ3v) is 3.17. The van der Waals surface area contributed by atoms with Crippen molar-refractivity contribution in [3.8, 4) is 11.1 Å². The van der Waals surface area contributed by atoms with Crippen LogP contribution in [0.3, 0.4) is 0 Å². The van der Waals surface area contributed by atoms with E-state index >= 15 is 0 Å². The van der Waals surface area contributed by atoms with Gasteiger partial charge in [-0.1, -0.05) is 61.5 Å². The standard InChI is InChI=1S/C17H18O2/c1-13(12-17(18)19)11-14-7-9-16(10-8-14)15-5-3-2-4-6-15/h2-10,13H,11-12H2,1H3,(H,18,19). The maximum atomic E-state index is 10.6. The molecule has 0 radical (unpaired) electrons. The molecule has 1 unspecified atom stereocenters. The predicted molar refractivity (Wildman–Crippen MR) is 77.0 cm³/mol. The molecule has 0 heterocycles. The van der Waals surface area contributed by atoms with Crippen molar-refractivity contribution in [1.82, 2.24) is 0 Å². The largest absolute Gasteiger partial charge is 0.481 e. The van der Waals surface area contributed by atoms with Crippen molar-refractivity contribution < 1.29 is 9.90 Å². The Hall–Kier alpha value is -2.09. The number of hydrogen-bond donors (Lipinski definition) is 1. The van der Waals surface area contributed by atoms with Crippen LogP contribution in [0.1, 0.15) is 18.9 Å². The van der Waals surface area contributed by atoms with Crippen molar-refractivity contribution in [1.29, 1.82) is 0 Å². The Labute approximate surface area is 113 Å². The third kappa shape index (κ3) is 3.95. The number of benzene rings is 2. The lowest BCUT2D eigenvalue weighted by molar-refractivity contribution is -0.137. The van der Waals surface area contributed by atoms with E-state index in [9.17, 15) is 4.79 Å². The first-order valence-corrected chi connectivity index (χ1v) is 6.51. The zero-order valence-corrected chi connectivity index (χ0v) is 11.0. The summed E-state index contributed by atoms with van der Waals surface area (Å²) in [6.45, 7) is 1.97. The second-order valence-corrected chi connectivity index (χ2v) is 4.97. The Morgan fingerprint density at radius 3 is 2.16 bits per heavy atom. The molecule has 98 valence electrons. The Kier molecular flexibility index (Phi) is 4.35. The number of hydrogen-bond acceptors (Lipinski definition) is 1. The number of carboxylic acids is 1. The second kappa shape index (κ2) is 6.19. The molecule has 0 aromatic heterocycles. The molecule has 0 amide bonds. The van der Waals surface area contributed by atoms with E-state index in [-0.39, 0.29) is 12.3 Å². The van der Waals surface area contributed by atoms with E-state index in [0.29, 0.717) is 0 Å². The minimum atomic E-state index is -0.728. The molecular formula is C17H18O2. The van der Waals surface area contributed by atoms with Crippen LogP contribution in [0.2, 0.25) is 0 Å². The van der Waals surface area contributed by atoms with Crippen molar-refractivity contribution in [3.05, 3.63) is 60.2 Å². The number of carboxylic acid groups (broad SMARTS) is 1. The fraction of sp³-hybridized carbons (Fsp3) is 0.235. The molecule has 1 N–H and O–H groups in total. The van der Waals surface area contributed by atoms with Gasteiger partial charge in [0.25, 0.3) is 0 Å². The maximum Gasteiger partial charge on any atom is 0.303 e. The fourth-order valence-electron chi connectivity index (χ4n) is 2.24. The molecular weight excluding hydrogens is 236 g/mol. The lowest BCUT2D eigenvalue weighted by Gasteiger charge is -2.09. The highest BCUT2D eigenvalue weighted by Crippen LogP contribution is 2.20. The number of carbonyl (C=O) groups is 1. The molecule has 0 saturated carbocycles. The van der Waals surface area contributed by atoms with Gasteiger partial charge in [0.15, 0.2) is 0 Å². The monoisotopic (exact) mass is 254 g/mol. The van der Waals surface area contributed by atoms with E-state index in [4.69, 9.17) is 5.11 Å². The van der Waals surface area contributed by atoms with Gasteiger partial charge in [0.1, 0.15) is 0 Å². The molecule has 1 atom stereocenters. The van der Waals surface area contributed by atoms with Crippen LogP contribution in [-0.4, -0.2) is 11.1 Å². The summed E-state index contributed by atoms with van der Waals surface area (Å²) in [6, 6.07) is 18.6. The summed E-state index contributed by atoms with van der Waals surface area (Å²) in [4.78, 5) is 10.6. The van der Waals surface area contributed by atoms with E-state index in [0.717, 1.165) is 6.42 Å². The van der Waals surface area contributed by atoms with Crippen LogP contribution in [0.25, 0.3) is 11.1 Å². The Morgan fingerprint density at radius 1 is 1.00 bits per heavy atom. The summed E-state index contributed by atoms with van der Waals surface area (Å²) in [7, 11) is 0. The minimum absolute atomic E-state index is 0.167. The fourth-order valence-corrected chi connectivity index (χ4v) is 2.24. The van der Waals surface area contributed by atoms with Crippen molar-refractivity contribution in [2.75, 3.05) is 0 Å². The van der Waals surface area contributed by atoms with Gasteiger partial charge in [0, 0.05) is 6.42 Å². The zero-order valence-electron chi connectivity index (χ0n) is 11.0. The molecule has 0 aliphatic rings. The quantitative estimate of drug-likeness (QED) is 0.875. The SMILES string of the molecule is CC(CC(=O)O)Cc1ccc(-c2ccccc2)cc1. The van der Waals surface area contributed by atoms with Gasteiger partial charge in [-0.15, -0.1) is 0 Å². The molecule has 0 spiro atoms. The van der Waals surface area contributed by atoms with E-state index in [1.54, 1.807) is 0 Å². The Morgan fingerprint density at radius 2 is 1.58 bits per heavy atom.